The van der Waals surface area contributed by atoms with E-state index in [0.29, 0.717) is 4.68 Å². The van der Waals surface area contributed by atoms with Gasteiger partial charge in [-0.2, -0.15) is 18.3 Å². The Labute approximate surface area is 203 Å². The van der Waals surface area contributed by atoms with Crippen LogP contribution in [-0.4, -0.2) is 42.1 Å². The first kappa shape index (κ1) is 23.1. The average Bonchev–Trinajstić information content (AvgIpc) is 3.44. The van der Waals surface area contributed by atoms with Crippen LogP contribution in [0.15, 0.2) is 54.9 Å². The van der Waals surface area contributed by atoms with Crippen molar-refractivity contribution < 1.29 is 18.0 Å². The fourth-order valence-electron chi connectivity index (χ4n) is 4.45. The molecule has 2 aromatic heterocycles. The van der Waals surface area contributed by atoms with E-state index >= 15 is 0 Å². The van der Waals surface area contributed by atoms with Crippen LogP contribution in [-0.2, 0) is 19.8 Å². The zero-order valence-corrected chi connectivity index (χ0v) is 19.5. The number of amides is 1. The quantitative estimate of drug-likeness (QED) is 0.406. The van der Waals surface area contributed by atoms with Gasteiger partial charge in [0, 0.05) is 32.3 Å². The molecular formula is C24H20ClF3N6O. The normalized spacial score (nSPS) is 15.8. The number of hydrogen-bond acceptors (Lipinski definition) is 4. The van der Waals surface area contributed by atoms with Gasteiger partial charge in [-0.05, 0) is 41.3 Å². The van der Waals surface area contributed by atoms with Crippen molar-refractivity contribution in [2.75, 3.05) is 6.54 Å². The second-order valence-electron chi connectivity index (χ2n) is 8.54. The number of fused-ring (bicyclic) bond motifs is 1. The smallest absolute Gasteiger partial charge is 0.332 e. The van der Waals surface area contributed by atoms with Crippen LogP contribution in [0.25, 0.3) is 5.69 Å². The lowest BCUT2D eigenvalue weighted by molar-refractivity contribution is -0.143. The van der Waals surface area contributed by atoms with Crippen molar-refractivity contribution in [2.45, 2.75) is 25.6 Å². The van der Waals surface area contributed by atoms with Crippen LogP contribution in [0.1, 0.15) is 44.4 Å². The van der Waals surface area contributed by atoms with Crippen LogP contribution in [0, 0.1) is 6.92 Å². The van der Waals surface area contributed by atoms with Gasteiger partial charge in [0.2, 0.25) is 0 Å². The molecule has 0 spiro atoms. The Morgan fingerprint density at radius 3 is 2.63 bits per heavy atom. The molecule has 180 valence electrons. The highest BCUT2D eigenvalue weighted by molar-refractivity contribution is 6.32. The van der Waals surface area contributed by atoms with Gasteiger partial charge in [-0.25, -0.2) is 4.68 Å². The summed E-state index contributed by atoms with van der Waals surface area (Å²) in [4.78, 5) is 14.9. The molecule has 0 fully saturated rings. The second kappa shape index (κ2) is 8.53. The highest BCUT2D eigenvalue weighted by atomic mass is 35.5. The summed E-state index contributed by atoms with van der Waals surface area (Å²) in [6, 6.07) is 12.1. The molecule has 0 radical (unpaired) electrons. The first-order valence-corrected chi connectivity index (χ1v) is 11.2. The minimum Gasteiger partial charge on any atom is -0.332 e. The van der Waals surface area contributed by atoms with Gasteiger partial charge in [0.1, 0.15) is 0 Å². The molecule has 7 nitrogen and oxygen atoms in total. The molecule has 5 rings (SSSR count). The van der Waals surface area contributed by atoms with Crippen molar-refractivity contribution >= 4 is 17.5 Å². The van der Waals surface area contributed by atoms with Crippen LogP contribution >= 0.6 is 11.6 Å². The fraction of sp³-hybridized carbons (Fsp3) is 0.250. The molecule has 1 aliphatic rings. The van der Waals surface area contributed by atoms with E-state index in [9.17, 15) is 18.0 Å². The van der Waals surface area contributed by atoms with Gasteiger partial charge in [0.05, 0.1) is 16.9 Å². The summed E-state index contributed by atoms with van der Waals surface area (Å²) in [7, 11) is 1.78. The average molecular weight is 501 g/mol. The van der Waals surface area contributed by atoms with Crippen molar-refractivity contribution in [3.05, 3.63) is 93.5 Å². The van der Waals surface area contributed by atoms with Crippen LogP contribution in [0.5, 0.6) is 0 Å². The van der Waals surface area contributed by atoms with Gasteiger partial charge in [-0.3, -0.25) is 9.48 Å². The Balaban J connectivity index is 1.57. The number of aryl methyl sites for hydroxylation is 2. The highest BCUT2D eigenvalue weighted by Crippen LogP contribution is 2.37. The predicted molar refractivity (Wildman–Crippen MR) is 122 cm³/mol. The Morgan fingerprint density at radius 1 is 1.17 bits per heavy atom. The summed E-state index contributed by atoms with van der Waals surface area (Å²) < 4.78 is 44.9. The Morgan fingerprint density at radius 2 is 1.94 bits per heavy atom. The molecule has 1 unspecified atom stereocenters. The van der Waals surface area contributed by atoms with Crippen molar-refractivity contribution in [2.24, 2.45) is 7.05 Å². The molecule has 0 saturated heterocycles. The van der Waals surface area contributed by atoms with E-state index in [1.165, 1.54) is 17.0 Å². The fourth-order valence-corrected chi connectivity index (χ4v) is 4.76. The summed E-state index contributed by atoms with van der Waals surface area (Å²) in [5, 5.41) is 11.7. The lowest BCUT2D eigenvalue weighted by Gasteiger charge is -2.34. The third kappa shape index (κ3) is 4.18. The predicted octanol–water partition coefficient (Wildman–Crippen LogP) is 4.77. The number of nitrogens with zero attached hydrogens (tertiary/aromatic N) is 6. The number of carbonyl (C=O) groups excluding carboxylic acids is 1. The molecule has 0 bridgehead atoms. The van der Waals surface area contributed by atoms with Gasteiger partial charge in [-0.15, -0.1) is 5.10 Å². The third-order valence-corrected chi connectivity index (χ3v) is 6.38. The van der Waals surface area contributed by atoms with Crippen molar-refractivity contribution in [1.29, 1.82) is 0 Å². The highest BCUT2D eigenvalue weighted by Gasteiger charge is 2.44. The molecule has 0 saturated carbocycles. The molecule has 1 aliphatic heterocycles. The molecule has 11 heteroatoms. The summed E-state index contributed by atoms with van der Waals surface area (Å²) >= 11 is 6.21. The Kier molecular flexibility index (Phi) is 5.63. The van der Waals surface area contributed by atoms with E-state index < -0.39 is 23.5 Å². The van der Waals surface area contributed by atoms with Crippen LogP contribution in [0.4, 0.5) is 13.2 Å². The minimum absolute atomic E-state index is 0.00614. The van der Waals surface area contributed by atoms with Crippen LogP contribution in [0.2, 0.25) is 5.02 Å². The first-order valence-electron chi connectivity index (χ1n) is 10.8. The van der Waals surface area contributed by atoms with E-state index in [0.717, 1.165) is 22.3 Å². The second-order valence-corrected chi connectivity index (χ2v) is 8.94. The number of alkyl halides is 3. The molecule has 35 heavy (non-hydrogen) atoms. The lowest BCUT2D eigenvalue weighted by Crippen LogP contribution is -2.39. The molecule has 4 aromatic rings. The molecule has 3 heterocycles. The zero-order valence-electron chi connectivity index (χ0n) is 18.8. The van der Waals surface area contributed by atoms with Crippen molar-refractivity contribution in [3.8, 4) is 5.69 Å². The molecule has 0 aliphatic carbocycles. The number of carbonyl (C=O) groups is 1. The van der Waals surface area contributed by atoms with E-state index in [1.54, 1.807) is 30.9 Å². The van der Waals surface area contributed by atoms with Gasteiger partial charge >= 0.3 is 6.18 Å². The number of rotatable bonds is 3. The maximum atomic E-state index is 14.2. The van der Waals surface area contributed by atoms with Crippen LogP contribution < -0.4 is 0 Å². The molecular weight excluding hydrogens is 481 g/mol. The number of hydrogen-bond donors (Lipinski definition) is 0. The van der Waals surface area contributed by atoms with Gasteiger partial charge in [0.25, 0.3) is 5.91 Å². The molecule has 1 atom stereocenters. The minimum atomic E-state index is -4.89. The largest absolute Gasteiger partial charge is 0.435 e. The summed E-state index contributed by atoms with van der Waals surface area (Å²) in [6.45, 7) is 2.10. The maximum absolute atomic E-state index is 14.2. The van der Waals surface area contributed by atoms with E-state index in [-0.39, 0.29) is 29.7 Å². The number of aromatic nitrogens is 5. The van der Waals surface area contributed by atoms with E-state index in [2.05, 4.69) is 15.4 Å². The van der Waals surface area contributed by atoms with Gasteiger partial charge in [0.15, 0.2) is 11.4 Å². The Bertz CT molecular complexity index is 1430. The summed E-state index contributed by atoms with van der Waals surface area (Å²) in [6.07, 6.45) is -1.35. The van der Waals surface area contributed by atoms with E-state index in [4.69, 9.17) is 11.6 Å². The molecule has 2 aromatic carbocycles. The Hall–Kier alpha value is -3.66. The van der Waals surface area contributed by atoms with Crippen LogP contribution in [0.3, 0.4) is 0 Å². The standard InChI is InChI=1S/C24H20ClF3N6O/c1-14-7-8-20(19(25)9-14)34-22(24(26,27)28)21(30-31-34)23(35)33-12-15-5-3-4-6-17(15)18(13-33)16-10-29-32(2)11-16/h3-11,18H,12-13H2,1-2H3. The number of benzene rings is 2. The van der Waals surface area contributed by atoms with Crippen molar-refractivity contribution in [3.63, 3.8) is 0 Å². The molecule has 0 N–H and O–H groups in total. The lowest BCUT2D eigenvalue weighted by atomic mass is 9.86. The maximum Gasteiger partial charge on any atom is 0.435 e. The molecule has 1 amide bonds. The van der Waals surface area contributed by atoms with E-state index in [1.807, 2.05) is 30.5 Å². The SMILES string of the molecule is Cc1ccc(-n2nnc(C(=O)N3Cc4ccccc4C(c4cnn(C)c4)C3)c2C(F)(F)F)c(Cl)c1. The first-order chi connectivity index (χ1) is 16.6. The van der Waals surface area contributed by atoms with Crippen molar-refractivity contribution in [1.82, 2.24) is 29.7 Å². The number of halogens is 4. The monoisotopic (exact) mass is 500 g/mol. The summed E-state index contributed by atoms with van der Waals surface area (Å²) in [5.41, 5.74) is 1.47. The zero-order chi connectivity index (χ0) is 24.9. The van der Waals surface area contributed by atoms with Gasteiger partial charge < -0.3 is 4.90 Å². The van der Waals surface area contributed by atoms with Gasteiger partial charge in [-0.1, -0.05) is 47.1 Å². The topological polar surface area (TPSA) is 68.8 Å². The summed E-state index contributed by atoms with van der Waals surface area (Å²) in [5.74, 6) is -1.09. The third-order valence-electron chi connectivity index (χ3n) is 6.08.